The number of amides is 1. The van der Waals surface area contributed by atoms with Crippen LogP contribution in [-0.2, 0) is 4.79 Å². The summed E-state index contributed by atoms with van der Waals surface area (Å²) in [6.45, 7) is 8.03. The van der Waals surface area contributed by atoms with Crippen LogP contribution in [0.1, 0.15) is 46.6 Å². The Morgan fingerprint density at radius 3 is 2.91 bits per heavy atom. The molecule has 7 heteroatoms. The van der Waals surface area contributed by atoms with E-state index in [1.54, 1.807) is 15.9 Å². The molecule has 0 saturated heterocycles. The van der Waals surface area contributed by atoms with Gasteiger partial charge in [0.15, 0.2) is 10.6 Å². The van der Waals surface area contributed by atoms with E-state index < -0.39 is 6.04 Å². The van der Waals surface area contributed by atoms with E-state index in [1.807, 2.05) is 38.3 Å². The molecule has 1 amide bonds. The van der Waals surface area contributed by atoms with Gasteiger partial charge in [-0.25, -0.2) is 0 Å². The Morgan fingerprint density at radius 2 is 2.32 bits per heavy atom. The summed E-state index contributed by atoms with van der Waals surface area (Å²) in [6.07, 6.45) is 1.95. The Labute approximate surface area is 139 Å². The van der Waals surface area contributed by atoms with Gasteiger partial charge in [-0.3, -0.25) is 14.5 Å². The molecule has 5 nitrogen and oxygen atoms in total. The van der Waals surface area contributed by atoms with Crippen LogP contribution in [0.3, 0.4) is 0 Å². The minimum atomic E-state index is -0.417. The number of rotatable bonds is 6. The minimum absolute atomic E-state index is 0.0474. The molecule has 2 heterocycles. The number of aromatic nitrogens is 3. The molecule has 0 radical (unpaired) electrons. The molecule has 2 rings (SSSR count). The molecule has 0 fully saturated rings. The third kappa shape index (κ3) is 3.64. The fraction of sp³-hybridized carbons (Fsp3) is 0.533. The highest BCUT2D eigenvalue weighted by molar-refractivity contribution is 7.71. The van der Waals surface area contributed by atoms with E-state index in [0.717, 1.165) is 17.7 Å². The second-order valence-corrected chi connectivity index (χ2v) is 7.33. The lowest BCUT2D eigenvalue weighted by molar-refractivity contribution is -0.125. The Balaban J connectivity index is 2.27. The molecule has 0 aliphatic heterocycles. The van der Waals surface area contributed by atoms with Gasteiger partial charge in [0.2, 0.25) is 5.91 Å². The molecule has 22 heavy (non-hydrogen) atoms. The molecule has 1 atom stereocenters. The zero-order chi connectivity index (χ0) is 16.3. The molecule has 0 spiro atoms. The van der Waals surface area contributed by atoms with Crippen molar-refractivity contribution < 1.29 is 4.79 Å². The van der Waals surface area contributed by atoms with Gasteiger partial charge < -0.3 is 5.32 Å². The van der Waals surface area contributed by atoms with Crippen molar-refractivity contribution in [2.75, 3.05) is 0 Å². The standard InChI is InChI=1S/C15H22N4OS2/c1-5-8-15(3,4)16-13(20)10(2)19-12(17-18-14(19)21)11-7-6-9-22-11/h6-7,9-10H,5,8H2,1-4H3,(H,16,20)(H,18,21)/t10-/m0/s1. The number of carbonyl (C=O) groups is 1. The Hall–Kier alpha value is -1.47. The molecule has 2 aromatic heterocycles. The summed E-state index contributed by atoms with van der Waals surface area (Å²) in [6, 6.07) is 3.51. The Morgan fingerprint density at radius 1 is 1.59 bits per heavy atom. The first kappa shape index (κ1) is 16.9. The predicted molar refractivity (Wildman–Crippen MR) is 92.6 cm³/mol. The van der Waals surface area contributed by atoms with Gasteiger partial charge in [-0.1, -0.05) is 19.4 Å². The molecule has 0 aliphatic rings. The van der Waals surface area contributed by atoms with E-state index in [0.29, 0.717) is 10.6 Å². The van der Waals surface area contributed by atoms with Crippen LogP contribution in [0.15, 0.2) is 17.5 Å². The van der Waals surface area contributed by atoms with Gasteiger partial charge in [0, 0.05) is 5.54 Å². The normalized spacial score (nSPS) is 13.1. The smallest absolute Gasteiger partial charge is 0.243 e. The lowest BCUT2D eigenvalue weighted by Crippen LogP contribution is -2.46. The highest BCUT2D eigenvalue weighted by atomic mass is 32.1. The predicted octanol–water partition coefficient (Wildman–Crippen LogP) is 3.93. The molecule has 120 valence electrons. The van der Waals surface area contributed by atoms with Crippen molar-refractivity contribution in [1.29, 1.82) is 0 Å². The molecule has 2 aromatic rings. The van der Waals surface area contributed by atoms with Crippen molar-refractivity contribution in [3.63, 3.8) is 0 Å². The summed E-state index contributed by atoms with van der Waals surface area (Å²) in [5.74, 6) is 0.657. The third-order valence-corrected chi connectivity index (χ3v) is 4.70. The first-order valence-corrected chi connectivity index (χ1v) is 8.67. The van der Waals surface area contributed by atoms with E-state index in [-0.39, 0.29) is 11.4 Å². The van der Waals surface area contributed by atoms with Gasteiger partial charge in [0.1, 0.15) is 6.04 Å². The van der Waals surface area contributed by atoms with Gasteiger partial charge in [-0.2, -0.15) is 5.10 Å². The van der Waals surface area contributed by atoms with Crippen LogP contribution in [-0.4, -0.2) is 26.2 Å². The van der Waals surface area contributed by atoms with Crippen molar-refractivity contribution >= 4 is 29.5 Å². The summed E-state index contributed by atoms with van der Waals surface area (Å²) in [5, 5.41) is 12.1. The van der Waals surface area contributed by atoms with E-state index in [1.165, 1.54) is 0 Å². The van der Waals surface area contributed by atoms with Crippen molar-refractivity contribution in [3.05, 3.63) is 22.3 Å². The molecule has 0 aromatic carbocycles. The van der Waals surface area contributed by atoms with Gasteiger partial charge in [0.25, 0.3) is 0 Å². The van der Waals surface area contributed by atoms with Gasteiger partial charge >= 0.3 is 0 Å². The van der Waals surface area contributed by atoms with E-state index in [2.05, 4.69) is 22.4 Å². The Bertz CT molecular complexity index is 685. The minimum Gasteiger partial charge on any atom is -0.349 e. The number of thiophene rings is 1. The molecule has 0 unspecified atom stereocenters. The maximum atomic E-state index is 12.6. The zero-order valence-corrected chi connectivity index (χ0v) is 15.0. The highest BCUT2D eigenvalue weighted by Crippen LogP contribution is 2.26. The number of aromatic amines is 1. The first-order chi connectivity index (χ1) is 10.4. The third-order valence-electron chi connectivity index (χ3n) is 3.55. The van der Waals surface area contributed by atoms with Crippen LogP contribution < -0.4 is 5.32 Å². The zero-order valence-electron chi connectivity index (χ0n) is 13.3. The molecular formula is C15H22N4OS2. The topological polar surface area (TPSA) is 62.7 Å². The summed E-state index contributed by atoms with van der Waals surface area (Å²) in [5.41, 5.74) is -0.227. The van der Waals surface area contributed by atoms with Crippen LogP contribution in [0, 0.1) is 4.77 Å². The second-order valence-electron chi connectivity index (χ2n) is 6.00. The average Bonchev–Trinajstić information content (AvgIpc) is 3.06. The largest absolute Gasteiger partial charge is 0.349 e. The summed E-state index contributed by atoms with van der Waals surface area (Å²) < 4.78 is 2.23. The number of carbonyl (C=O) groups excluding carboxylic acids is 1. The van der Waals surface area contributed by atoms with Crippen molar-refractivity contribution in [1.82, 2.24) is 20.1 Å². The van der Waals surface area contributed by atoms with Crippen molar-refractivity contribution in [2.24, 2.45) is 0 Å². The fourth-order valence-electron chi connectivity index (χ4n) is 2.49. The first-order valence-electron chi connectivity index (χ1n) is 7.38. The number of hydrogen-bond acceptors (Lipinski definition) is 4. The van der Waals surface area contributed by atoms with Gasteiger partial charge in [-0.15, -0.1) is 11.3 Å². The SMILES string of the molecule is CCCC(C)(C)NC(=O)[C@H](C)n1c(-c2cccs2)n[nH]c1=S. The second kappa shape index (κ2) is 6.75. The number of nitrogens with one attached hydrogen (secondary N) is 2. The Kier molecular flexibility index (Phi) is 5.18. The number of nitrogens with zero attached hydrogens (tertiary/aromatic N) is 2. The van der Waals surface area contributed by atoms with E-state index in [4.69, 9.17) is 12.2 Å². The van der Waals surface area contributed by atoms with E-state index in [9.17, 15) is 4.79 Å². The molecular weight excluding hydrogens is 316 g/mol. The van der Waals surface area contributed by atoms with Crippen LogP contribution >= 0.6 is 23.6 Å². The molecule has 0 saturated carbocycles. The monoisotopic (exact) mass is 338 g/mol. The van der Waals surface area contributed by atoms with Crippen LogP contribution in [0.25, 0.3) is 10.7 Å². The number of hydrogen-bond donors (Lipinski definition) is 2. The fourth-order valence-corrected chi connectivity index (χ4v) is 3.49. The maximum Gasteiger partial charge on any atom is 0.243 e. The van der Waals surface area contributed by atoms with Crippen LogP contribution in [0.5, 0.6) is 0 Å². The lowest BCUT2D eigenvalue weighted by Gasteiger charge is -2.28. The lowest BCUT2D eigenvalue weighted by atomic mass is 9.98. The van der Waals surface area contributed by atoms with Crippen molar-refractivity contribution in [3.8, 4) is 10.7 Å². The van der Waals surface area contributed by atoms with Gasteiger partial charge in [0.05, 0.1) is 4.88 Å². The van der Waals surface area contributed by atoms with Crippen LogP contribution in [0.4, 0.5) is 0 Å². The number of H-pyrrole nitrogens is 1. The molecule has 2 N–H and O–H groups in total. The molecule has 0 aliphatic carbocycles. The highest BCUT2D eigenvalue weighted by Gasteiger charge is 2.26. The summed E-state index contributed by atoms with van der Waals surface area (Å²) in [4.78, 5) is 13.6. The van der Waals surface area contributed by atoms with Crippen LogP contribution in [0.2, 0.25) is 0 Å². The van der Waals surface area contributed by atoms with Crippen molar-refractivity contribution in [2.45, 2.75) is 52.1 Å². The summed E-state index contributed by atoms with van der Waals surface area (Å²) >= 11 is 6.88. The average molecular weight is 339 g/mol. The quantitative estimate of drug-likeness (QED) is 0.785. The maximum absolute atomic E-state index is 12.6. The van der Waals surface area contributed by atoms with E-state index >= 15 is 0 Å². The summed E-state index contributed by atoms with van der Waals surface area (Å²) in [7, 11) is 0. The molecule has 0 bridgehead atoms. The van der Waals surface area contributed by atoms with Gasteiger partial charge in [-0.05, 0) is 50.9 Å².